The van der Waals surface area contributed by atoms with Crippen LogP contribution in [0, 0.1) is 0 Å². The van der Waals surface area contributed by atoms with Gasteiger partial charge in [-0.05, 0) is 53.9 Å². The Morgan fingerprint density at radius 3 is 2.35 bits per heavy atom. The molecule has 1 aromatic heterocycles. The van der Waals surface area contributed by atoms with E-state index >= 15 is 0 Å². The lowest BCUT2D eigenvalue weighted by molar-refractivity contribution is -0.117. The molecule has 0 radical (unpaired) electrons. The van der Waals surface area contributed by atoms with Crippen molar-refractivity contribution in [3.05, 3.63) is 100.0 Å². The molecule has 188 valence electrons. The Morgan fingerprint density at radius 2 is 1.73 bits per heavy atom. The molecule has 1 N–H and O–H groups in total. The van der Waals surface area contributed by atoms with E-state index < -0.39 is 23.5 Å². The van der Waals surface area contributed by atoms with Crippen molar-refractivity contribution in [1.29, 1.82) is 0 Å². The Hall–Kier alpha value is -4.23. The summed E-state index contributed by atoms with van der Waals surface area (Å²) in [5, 5.41) is 12.0. The van der Waals surface area contributed by atoms with E-state index in [1.54, 1.807) is 43.5 Å². The van der Waals surface area contributed by atoms with Crippen LogP contribution in [0.4, 0.5) is 5.69 Å². The number of aryl methyl sites for hydroxylation is 1. The molecule has 0 spiro atoms. The van der Waals surface area contributed by atoms with Gasteiger partial charge in [-0.25, -0.2) is 0 Å². The molecule has 3 aromatic carbocycles. The zero-order chi connectivity index (χ0) is 26.3. The molecule has 1 aliphatic heterocycles. The molecule has 0 saturated carbocycles. The highest BCUT2D eigenvalue weighted by Gasteiger charge is 2.45. The highest BCUT2D eigenvalue weighted by molar-refractivity contribution is 6.31. The largest absolute Gasteiger partial charge is 0.503 e. The number of methoxy groups -OCH3 is 2. The smallest absolute Gasteiger partial charge is 0.294 e. The Morgan fingerprint density at radius 1 is 1.03 bits per heavy atom. The zero-order valence-electron chi connectivity index (χ0n) is 20.4. The van der Waals surface area contributed by atoms with E-state index in [0.717, 1.165) is 12.0 Å². The quantitative estimate of drug-likeness (QED) is 0.283. The van der Waals surface area contributed by atoms with Crippen molar-refractivity contribution < 1.29 is 28.6 Å². The number of aliphatic hydroxyl groups excluding tert-OH is 1. The van der Waals surface area contributed by atoms with Crippen LogP contribution < -0.4 is 14.4 Å². The van der Waals surface area contributed by atoms with Crippen molar-refractivity contribution in [1.82, 2.24) is 0 Å². The number of furan rings is 1. The van der Waals surface area contributed by atoms with Crippen LogP contribution in [0.2, 0.25) is 5.02 Å². The number of amides is 1. The number of rotatable bonds is 7. The fourth-order valence-corrected chi connectivity index (χ4v) is 4.80. The second-order valence-electron chi connectivity index (χ2n) is 8.60. The lowest BCUT2D eigenvalue weighted by Gasteiger charge is -2.27. The molecule has 5 rings (SSSR count). The van der Waals surface area contributed by atoms with Gasteiger partial charge >= 0.3 is 0 Å². The molecule has 8 heteroatoms. The third kappa shape index (κ3) is 4.21. The fourth-order valence-electron chi connectivity index (χ4n) is 4.58. The number of fused-ring (bicyclic) bond motifs is 1. The summed E-state index contributed by atoms with van der Waals surface area (Å²) in [5.41, 5.74) is 2.53. The second kappa shape index (κ2) is 9.67. The Labute approximate surface area is 218 Å². The van der Waals surface area contributed by atoms with E-state index in [0.29, 0.717) is 38.7 Å². The highest BCUT2D eigenvalue weighted by Crippen LogP contribution is 2.43. The molecule has 0 fully saturated rings. The first-order valence-corrected chi connectivity index (χ1v) is 12.1. The number of carbonyl (C=O) groups is 2. The third-order valence-electron chi connectivity index (χ3n) is 6.50. The number of halogens is 1. The SMILES string of the molecule is CCc1ccc(N2C(=O)C(O)=C(C(=O)c3cc4cc(Cl)cc(OC)c4o3)C2c2ccc(OC)cc2)cc1. The van der Waals surface area contributed by atoms with Crippen LogP contribution in [-0.4, -0.2) is 31.0 Å². The zero-order valence-corrected chi connectivity index (χ0v) is 21.2. The molecule has 1 aliphatic rings. The van der Waals surface area contributed by atoms with Crippen LogP contribution in [0.5, 0.6) is 11.5 Å². The van der Waals surface area contributed by atoms with Crippen molar-refractivity contribution in [3.8, 4) is 11.5 Å². The number of hydrogen-bond acceptors (Lipinski definition) is 6. The van der Waals surface area contributed by atoms with Gasteiger partial charge in [0, 0.05) is 22.2 Å². The predicted octanol–water partition coefficient (Wildman–Crippen LogP) is 6.45. The standard InChI is InChI=1S/C29H24ClNO6/c1-4-16-5-9-20(10-6-16)31-25(17-7-11-21(35-2)12-8-17)24(27(33)29(31)34)26(32)22-14-18-13-19(30)15-23(36-3)28(18)37-22/h5-15,25,33H,4H2,1-3H3. The van der Waals surface area contributed by atoms with Crippen LogP contribution in [0.25, 0.3) is 11.0 Å². The van der Waals surface area contributed by atoms with Gasteiger partial charge in [0.2, 0.25) is 5.78 Å². The van der Waals surface area contributed by atoms with E-state index in [4.69, 9.17) is 25.5 Å². The number of anilines is 1. The average molecular weight is 518 g/mol. The number of carbonyl (C=O) groups excluding carboxylic acids is 2. The first-order chi connectivity index (χ1) is 17.9. The minimum atomic E-state index is -0.892. The van der Waals surface area contributed by atoms with E-state index in [9.17, 15) is 14.7 Å². The maximum atomic E-state index is 13.9. The first-order valence-electron chi connectivity index (χ1n) is 11.7. The molecular weight excluding hydrogens is 494 g/mol. The average Bonchev–Trinajstić information content (AvgIpc) is 3.46. The lowest BCUT2D eigenvalue weighted by Crippen LogP contribution is -2.31. The van der Waals surface area contributed by atoms with Crippen molar-refractivity contribution in [2.24, 2.45) is 0 Å². The molecule has 1 unspecified atom stereocenters. The molecule has 2 heterocycles. The molecule has 0 saturated heterocycles. The number of Topliss-reactive ketones (excluding diaryl/α,β-unsaturated/α-hetero) is 1. The van der Waals surface area contributed by atoms with Gasteiger partial charge < -0.3 is 19.0 Å². The van der Waals surface area contributed by atoms with Gasteiger partial charge in [-0.2, -0.15) is 0 Å². The van der Waals surface area contributed by atoms with Crippen LogP contribution in [-0.2, 0) is 11.2 Å². The summed E-state index contributed by atoms with van der Waals surface area (Å²) >= 11 is 6.18. The molecule has 1 atom stereocenters. The second-order valence-corrected chi connectivity index (χ2v) is 9.04. The summed E-state index contributed by atoms with van der Waals surface area (Å²) in [6.07, 6.45) is 0.836. The molecule has 1 amide bonds. The maximum Gasteiger partial charge on any atom is 0.294 e. The van der Waals surface area contributed by atoms with E-state index in [1.165, 1.54) is 18.1 Å². The van der Waals surface area contributed by atoms with Gasteiger partial charge in [-0.3, -0.25) is 14.5 Å². The summed E-state index contributed by atoms with van der Waals surface area (Å²) in [5.74, 6) is -0.984. The van der Waals surface area contributed by atoms with Crippen molar-refractivity contribution in [3.63, 3.8) is 0 Å². The van der Waals surface area contributed by atoms with Gasteiger partial charge in [0.15, 0.2) is 22.9 Å². The van der Waals surface area contributed by atoms with Gasteiger partial charge in [-0.1, -0.05) is 42.8 Å². The Kier molecular flexibility index (Phi) is 6.39. The number of nitrogens with zero attached hydrogens (tertiary/aromatic N) is 1. The first kappa shape index (κ1) is 24.5. The van der Waals surface area contributed by atoms with Gasteiger partial charge in [0.05, 0.1) is 25.8 Å². The van der Waals surface area contributed by atoms with E-state index in [2.05, 4.69) is 0 Å². The van der Waals surface area contributed by atoms with Crippen LogP contribution in [0.1, 0.15) is 34.6 Å². The third-order valence-corrected chi connectivity index (χ3v) is 6.72. The highest BCUT2D eigenvalue weighted by atomic mass is 35.5. The number of ketones is 1. The van der Waals surface area contributed by atoms with Crippen LogP contribution >= 0.6 is 11.6 Å². The molecule has 4 aromatic rings. The van der Waals surface area contributed by atoms with Gasteiger partial charge in [-0.15, -0.1) is 0 Å². The van der Waals surface area contributed by atoms with Crippen LogP contribution in [0.3, 0.4) is 0 Å². The molecule has 0 aliphatic carbocycles. The van der Waals surface area contributed by atoms with Crippen molar-refractivity contribution in [2.45, 2.75) is 19.4 Å². The molecule has 37 heavy (non-hydrogen) atoms. The van der Waals surface area contributed by atoms with Crippen LogP contribution in [0.15, 0.2) is 82.5 Å². The maximum absolute atomic E-state index is 13.9. The number of benzene rings is 3. The number of aliphatic hydroxyl groups is 1. The number of ether oxygens (including phenoxy) is 2. The van der Waals surface area contributed by atoms with Crippen molar-refractivity contribution in [2.75, 3.05) is 19.1 Å². The Bertz CT molecular complexity index is 1540. The summed E-state index contributed by atoms with van der Waals surface area (Å²) in [7, 11) is 3.03. The van der Waals surface area contributed by atoms with E-state index in [1.807, 2.05) is 31.2 Å². The minimum Gasteiger partial charge on any atom is -0.503 e. The predicted molar refractivity (Wildman–Crippen MR) is 141 cm³/mol. The molecule has 7 nitrogen and oxygen atoms in total. The summed E-state index contributed by atoms with van der Waals surface area (Å²) < 4.78 is 16.5. The Balaban J connectivity index is 1.64. The minimum absolute atomic E-state index is 0.0494. The van der Waals surface area contributed by atoms with Gasteiger partial charge in [0.25, 0.3) is 5.91 Å². The fraction of sp³-hybridized carbons (Fsp3) is 0.172. The molecule has 0 bridgehead atoms. The normalized spacial score (nSPS) is 15.5. The monoisotopic (exact) mass is 517 g/mol. The van der Waals surface area contributed by atoms with Gasteiger partial charge in [0.1, 0.15) is 5.75 Å². The summed E-state index contributed by atoms with van der Waals surface area (Å²) in [6, 6.07) is 18.3. The van der Waals surface area contributed by atoms with E-state index in [-0.39, 0.29) is 11.3 Å². The topological polar surface area (TPSA) is 89.2 Å². The molecular formula is C29H24ClNO6. The number of hydrogen-bond donors (Lipinski definition) is 1. The van der Waals surface area contributed by atoms with Crippen molar-refractivity contribution >= 4 is 39.9 Å². The lowest BCUT2D eigenvalue weighted by atomic mass is 9.94. The summed E-state index contributed by atoms with van der Waals surface area (Å²) in [4.78, 5) is 28.7. The summed E-state index contributed by atoms with van der Waals surface area (Å²) in [6.45, 7) is 2.04.